The lowest BCUT2D eigenvalue weighted by molar-refractivity contribution is 0.193. The molecule has 2 nitrogen and oxygen atoms in total. The molecule has 0 fully saturated rings. The summed E-state index contributed by atoms with van der Waals surface area (Å²) in [6.07, 6.45) is 1.10. The first-order chi connectivity index (χ1) is 12.2. The van der Waals surface area contributed by atoms with Gasteiger partial charge in [0.1, 0.15) is 9.30 Å². The molecule has 0 aliphatic carbocycles. The van der Waals surface area contributed by atoms with Crippen molar-refractivity contribution in [1.29, 1.82) is 0 Å². The fourth-order valence-corrected chi connectivity index (χ4v) is 5.89. The smallest absolute Gasteiger partial charge is 0.134 e. The molecule has 0 spiro atoms. The average Bonchev–Trinajstić information content (AvgIpc) is 3.20. The topological polar surface area (TPSA) is 12.5 Å². The Hall–Kier alpha value is -1.37. The Kier molecular flexibility index (Phi) is 4.84. The molecule has 128 valence electrons. The number of hydrogen-bond acceptors (Lipinski definition) is 3. The Labute approximate surface area is 166 Å². The number of hydrogen-bond donors (Lipinski definition) is 0. The normalized spacial score (nSPS) is 20.2. The zero-order valence-corrected chi connectivity index (χ0v) is 17.1. The van der Waals surface area contributed by atoms with E-state index in [4.69, 9.17) is 4.74 Å². The number of alkyl halides is 1. The van der Waals surface area contributed by atoms with E-state index >= 15 is 0 Å². The van der Waals surface area contributed by atoms with E-state index in [1.807, 2.05) is 23.5 Å². The fraction of sp³-hybridized carbons (Fsp3) is 0.238. The van der Waals surface area contributed by atoms with Crippen LogP contribution in [0.3, 0.4) is 0 Å². The van der Waals surface area contributed by atoms with Crippen molar-refractivity contribution in [2.45, 2.75) is 16.5 Å². The second-order valence-corrected chi connectivity index (χ2v) is 8.79. The first kappa shape index (κ1) is 17.1. The SMILES string of the molecule is COc1ccc(CN2CCc3ccccc3C2(I)c2cccs2)cc1. The molecule has 0 N–H and O–H groups in total. The third-order valence-electron chi connectivity index (χ3n) is 4.84. The van der Waals surface area contributed by atoms with Crippen LogP contribution in [-0.4, -0.2) is 18.6 Å². The number of rotatable bonds is 4. The van der Waals surface area contributed by atoms with Gasteiger partial charge in [-0.3, -0.25) is 4.90 Å². The number of fused-ring (bicyclic) bond motifs is 1. The maximum absolute atomic E-state index is 5.29. The van der Waals surface area contributed by atoms with Crippen molar-refractivity contribution < 1.29 is 4.74 Å². The van der Waals surface area contributed by atoms with Gasteiger partial charge >= 0.3 is 0 Å². The Morgan fingerprint density at radius 1 is 1.08 bits per heavy atom. The summed E-state index contributed by atoms with van der Waals surface area (Å²) in [4.78, 5) is 4.00. The van der Waals surface area contributed by atoms with Crippen molar-refractivity contribution in [2.24, 2.45) is 0 Å². The van der Waals surface area contributed by atoms with Crippen LogP contribution in [-0.2, 0) is 16.5 Å². The third kappa shape index (κ3) is 3.11. The summed E-state index contributed by atoms with van der Waals surface area (Å²) < 4.78 is 5.18. The minimum atomic E-state index is -0.110. The van der Waals surface area contributed by atoms with Gasteiger partial charge in [0, 0.05) is 18.0 Å². The van der Waals surface area contributed by atoms with E-state index in [-0.39, 0.29) is 3.55 Å². The van der Waals surface area contributed by atoms with Gasteiger partial charge in [0.05, 0.1) is 7.11 Å². The van der Waals surface area contributed by atoms with Crippen LogP contribution in [0.15, 0.2) is 66.0 Å². The summed E-state index contributed by atoms with van der Waals surface area (Å²) in [5.41, 5.74) is 4.21. The quantitative estimate of drug-likeness (QED) is 0.291. The lowest BCUT2D eigenvalue weighted by atomic mass is 9.91. The predicted octanol–water partition coefficient (Wildman–Crippen LogP) is 5.45. The highest BCUT2D eigenvalue weighted by Crippen LogP contribution is 2.48. The second-order valence-electron chi connectivity index (χ2n) is 6.28. The number of methoxy groups -OCH3 is 1. The molecule has 25 heavy (non-hydrogen) atoms. The summed E-state index contributed by atoms with van der Waals surface area (Å²) in [6.45, 7) is 1.99. The van der Waals surface area contributed by atoms with Gasteiger partial charge < -0.3 is 4.74 Å². The van der Waals surface area contributed by atoms with Crippen molar-refractivity contribution in [3.63, 3.8) is 0 Å². The van der Waals surface area contributed by atoms with E-state index in [9.17, 15) is 0 Å². The molecule has 2 heterocycles. The van der Waals surface area contributed by atoms with Gasteiger partial charge in [-0.2, -0.15) is 0 Å². The monoisotopic (exact) mass is 461 g/mol. The lowest BCUT2D eigenvalue weighted by Gasteiger charge is -2.44. The fourth-order valence-electron chi connectivity index (χ4n) is 3.54. The largest absolute Gasteiger partial charge is 0.497 e. The molecule has 3 aromatic rings. The molecule has 0 radical (unpaired) electrons. The molecule has 2 aromatic carbocycles. The molecule has 0 amide bonds. The lowest BCUT2D eigenvalue weighted by Crippen LogP contribution is -2.46. The summed E-state index contributed by atoms with van der Waals surface area (Å²) in [5.74, 6) is 0.909. The highest BCUT2D eigenvalue weighted by Gasteiger charge is 2.42. The molecule has 1 atom stereocenters. The summed E-state index contributed by atoms with van der Waals surface area (Å²) >= 11 is 4.50. The van der Waals surface area contributed by atoms with E-state index in [1.54, 1.807) is 7.11 Å². The summed E-state index contributed by atoms with van der Waals surface area (Å²) in [6, 6.07) is 21.8. The van der Waals surface area contributed by atoms with Crippen LogP contribution < -0.4 is 4.74 Å². The van der Waals surface area contributed by atoms with Crippen molar-refractivity contribution in [3.05, 3.63) is 87.6 Å². The minimum absolute atomic E-state index is 0.110. The van der Waals surface area contributed by atoms with Gasteiger partial charge in [-0.15, -0.1) is 11.3 Å². The Morgan fingerprint density at radius 3 is 2.60 bits per heavy atom. The zero-order valence-electron chi connectivity index (χ0n) is 14.1. The third-order valence-corrected chi connectivity index (χ3v) is 8.03. The number of nitrogens with zero attached hydrogens (tertiary/aromatic N) is 1. The second kappa shape index (κ2) is 7.09. The zero-order chi connectivity index (χ0) is 17.3. The summed E-state index contributed by atoms with van der Waals surface area (Å²) in [5, 5.41) is 2.18. The maximum Gasteiger partial charge on any atom is 0.134 e. The number of benzene rings is 2. The Bertz CT molecular complexity index is 847. The van der Waals surface area contributed by atoms with Crippen molar-refractivity contribution in [1.82, 2.24) is 4.90 Å². The average molecular weight is 461 g/mol. The molecule has 1 aliphatic heterocycles. The van der Waals surface area contributed by atoms with E-state index in [0.717, 1.165) is 25.3 Å². The molecule has 1 aliphatic rings. The molecule has 0 saturated carbocycles. The van der Waals surface area contributed by atoms with Crippen LogP contribution in [0.4, 0.5) is 0 Å². The Morgan fingerprint density at radius 2 is 1.88 bits per heavy atom. The molecule has 0 saturated heterocycles. The molecule has 4 heteroatoms. The number of ether oxygens (including phenoxy) is 1. The van der Waals surface area contributed by atoms with Crippen LogP contribution in [0.5, 0.6) is 5.75 Å². The van der Waals surface area contributed by atoms with E-state index in [1.165, 1.54) is 21.6 Å². The van der Waals surface area contributed by atoms with Crippen molar-refractivity contribution >= 4 is 33.9 Å². The minimum Gasteiger partial charge on any atom is -0.497 e. The first-order valence-electron chi connectivity index (χ1n) is 8.41. The molecule has 1 aromatic heterocycles. The highest BCUT2D eigenvalue weighted by atomic mass is 127. The number of halogens is 1. The van der Waals surface area contributed by atoms with Gasteiger partial charge in [0.25, 0.3) is 0 Å². The molecule has 0 bridgehead atoms. The Balaban J connectivity index is 1.73. The molecule has 1 unspecified atom stereocenters. The number of thiophene rings is 1. The maximum atomic E-state index is 5.29. The van der Waals surface area contributed by atoms with Gasteiger partial charge in [-0.25, -0.2) is 0 Å². The van der Waals surface area contributed by atoms with Crippen LogP contribution in [0, 0.1) is 0 Å². The predicted molar refractivity (Wildman–Crippen MR) is 113 cm³/mol. The van der Waals surface area contributed by atoms with E-state index < -0.39 is 0 Å². The van der Waals surface area contributed by atoms with Crippen LogP contribution in [0.2, 0.25) is 0 Å². The molecule has 4 rings (SSSR count). The van der Waals surface area contributed by atoms with Gasteiger partial charge in [0.15, 0.2) is 0 Å². The first-order valence-corrected chi connectivity index (χ1v) is 10.4. The molecular formula is C21H20INOS. The van der Waals surface area contributed by atoms with Crippen LogP contribution >= 0.6 is 33.9 Å². The van der Waals surface area contributed by atoms with Gasteiger partial charge in [-0.1, -0.05) is 42.5 Å². The van der Waals surface area contributed by atoms with Crippen LogP contribution in [0.1, 0.15) is 21.6 Å². The van der Waals surface area contributed by atoms with Crippen molar-refractivity contribution in [3.8, 4) is 5.75 Å². The highest BCUT2D eigenvalue weighted by molar-refractivity contribution is 14.1. The van der Waals surface area contributed by atoms with Gasteiger partial charge in [-0.05, 0) is 69.3 Å². The van der Waals surface area contributed by atoms with Gasteiger partial charge in [0.2, 0.25) is 0 Å². The standard InChI is InChI=1S/C21H20INOS/c1-24-18-10-8-16(9-11-18)15-23-13-12-17-5-2-3-6-19(17)21(23,22)20-7-4-14-25-20/h2-11,14H,12-13,15H2,1H3. The summed E-state index contributed by atoms with van der Waals surface area (Å²) in [7, 11) is 1.71. The van der Waals surface area contributed by atoms with Crippen LogP contribution in [0.25, 0.3) is 0 Å². The van der Waals surface area contributed by atoms with E-state index in [2.05, 4.69) is 81.4 Å². The van der Waals surface area contributed by atoms with Crippen molar-refractivity contribution in [2.75, 3.05) is 13.7 Å². The molecular weight excluding hydrogens is 441 g/mol. The van der Waals surface area contributed by atoms with E-state index in [0.29, 0.717) is 0 Å².